The van der Waals surface area contributed by atoms with E-state index in [-0.39, 0.29) is 16.5 Å². The van der Waals surface area contributed by atoms with Crippen LogP contribution in [0.3, 0.4) is 0 Å². The Morgan fingerprint density at radius 2 is 1.93 bits per heavy atom. The molecule has 2 aromatic carbocycles. The Balaban J connectivity index is 1.82. The van der Waals surface area contributed by atoms with Gasteiger partial charge in [0, 0.05) is 23.8 Å². The van der Waals surface area contributed by atoms with E-state index in [2.05, 4.69) is 5.32 Å². The Morgan fingerprint density at radius 3 is 2.59 bits per heavy atom. The van der Waals surface area contributed by atoms with E-state index in [1.165, 1.54) is 16.4 Å². The Bertz CT molecular complexity index is 978. The number of hydrogen-bond acceptors (Lipinski definition) is 4. The van der Waals surface area contributed by atoms with Gasteiger partial charge in [0.15, 0.2) is 0 Å². The molecule has 1 amide bonds. The van der Waals surface area contributed by atoms with Crippen LogP contribution in [-0.4, -0.2) is 31.2 Å². The third-order valence-electron chi connectivity index (χ3n) is 4.72. The van der Waals surface area contributed by atoms with Gasteiger partial charge in [-0.05, 0) is 62.2 Å². The van der Waals surface area contributed by atoms with Crippen LogP contribution in [0, 0.1) is 11.3 Å². The molecule has 6 nitrogen and oxygen atoms in total. The fraction of sp³-hybridized carbons (Fsp3) is 0.300. The van der Waals surface area contributed by atoms with Crippen LogP contribution in [0.1, 0.15) is 42.1 Å². The molecule has 1 aliphatic rings. The standard InChI is InChI=1S/C20H21N3O3S/c1-15-5-2-3-12-23(15)27(25,26)19-7-4-6-17(13-19)20(24)22-18-10-8-16(14-21)9-11-18/h4,6-11,13,15H,2-3,5,12H2,1H3,(H,22,24). The molecular weight excluding hydrogens is 362 g/mol. The number of anilines is 1. The minimum atomic E-state index is -3.63. The lowest BCUT2D eigenvalue weighted by molar-refractivity contribution is 0.102. The third kappa shape index (κ3) is 4.18. The largest absolute Gasteiger partial charge is 0.322 e. The molecule has 1 N–H and O–H groups in total. The molecule has 1 atom stereocenters. The molecule has 140 valence electrons. The molecule has 0 radical (unpaired) electrons. The molecule has 1 unspecified atom stereocenters. The van der Waals surface area contributed by atoms with E-state index in [9.17, 15) is 13.2 Å². The smallest absolute Gasteiger partial charge is 0.255 e. The minimum Gasteiger partial charge on any atom is -0.322 e. The fourth-order valence-corrected chi connectivity index (χ4v) is 4.94. The highest BCUT2D eigenvalue weighted by atomic mass is 32.2. The van der Waals surface area contributed by atoms with Crippen LogP contribution >= 0.6 is 0 Å². The molecular formula is C20H21N3O3S. The number of amides is 1. The molecule has 1 saturated heterocycles. The van der Waals surface area contributed by atoms with Crippen molar-refractivity contribution >= 4 is 21.6 Å². The van der Waals surface area contributed by atoms with E-state index in [0.29, 0.717) is 17.8 Å². The quantitative estimate of drug-likeness (QED) is 0.876. The number of sulfonamides is 1. The van der Waals surface area contributed by atoms with Gasteiger partial charge in [-0.15, -0.1) is 0 Å². The van der Waals surface area contributed by atoms with Crippen molar-refractivity contribution in [2.45, 2.75) is 37.1 Å². The first-order valence-electron chi connectivity index (χ1n) is 8.85. The van der Waals surface area contributed by atoms with Crippen molar-refractivity contribution in [3.63, 3.8) is 0 Å². The van der Waals surface area contributed by atoms with Crippen molar-refractivity contribution in [1.82, 2.24) is 4.31 Å². The molecule has 7 heteroatoms. The second kappa shape index (κ2) is 7.91. The molecule has 1 fully saturated rings. The molecule has 0 spiro atoms. The fourth-order valence-electron chi connectivity index (χ4n) is 3.19. The molecule has 1 heterocycles. The summed E-state index contributed by atoms with van der Waals surface area (Å²) in [6.45, 7) is 2.42. The van der Waals surface area contributed by atoms with Gasteiger partial charge in [-0.2, -0.15) is 9.57 Å². The number of rotatable bonds is 4. The summed E-state index contributed by atoms with van der Waals surface area (Å²) in [7, 11) is -3.63. The van der Waals surface area contributed by atoms with Crippen molar-refractivity contribution < 1.29 is 13.2 Å². The Hall–Kier alpha value is -2.69. The lowest BCUT2D eigenvalue weighted by Crippen LogP contribution is -2.41. The van der Waals surface area contributed by atoms with Gasteiger partial charge in [0.1, 0.15) is 0 Å². The van der Waals surface area contributed by atoms with E-state index in [1.54, 1.807) is 36.4 Å². The number of nitriles is 1. The number of nitrogens with one attached hydrogen (secondary N) is 1. The predicted molar refractivity (Wildman–Crippen MR) is 103 cm³/mol. The zero-order valence-corrected chi connectivity index (χ0v) is 15.9. The van der Waals surface area contributed by atoms with Crippen LogP contribution in [0.2, 0.25) is 0 Å². The maximum absolute atomic E-state index is 13.0. The number of carbonyl (C=O) groups is 1. The predicted octanol–water partition coefficient (Wildman–Crippen LogP) is 3.37. The van der Waals surface area contributed by atoms with Crippen molar-refractivity contribution in [3.8, 4) is 6.07 Å². The van der Waals surface area contributed by atoms with Crippen molar-refractivity contribution in [3.05, 3.63) is 59.7 Å². The van der Waals surface area contributed by atoms with Crippen LogP contribution in [0.25, 0.3) is 0 Å². The molecule has 0 aliphatic carbocycles. The number of nitrogens with zero attached hydrogens (tertiary/aromatic N) is 2. The van der Waals surface area contributed by atoms with Gasteiger partial charge in [0.05, 0.1) is 16.5 Å². The van der Waals surface area contributed by atoms with Gasteiger partial charge in [-0.25, -0.2) is 8.42 Å². The summed E-state index contributed by atoms with van der Waals surface area (Å²) in [5, 5.41) is 11.5. The molecule has 0 saturated carbocycles. The normalized spacial score (nSPS) is 17.9. The average Bonchev–Trinajstić information content (AvgIpc) is 2.69. The Morgan fingerprint density at radius 1 is 1.19 bits per heavy atom. The highest BCUT2D eigenvalue weighted by molar-refractivity contribution is 7.89. The summed E-state index contributed by atoms with van der Waals surface area (Å²) in [5.41, 5.74) is 1.30. The van der Waals surface area contributed by atoms with E-state index < -0.39 is 15.9 Å². The van der Waals surface area contributed by atoms with Crippen LogP contribution in [0.5, 0.6) is 0 Å². The molecule has 27 heavy (non-hydrogen) atoms. The topological polar surface area (TPSA) is 90.3 Å². The highest BCUT2D eigenvalue weighted by Gasteiger charge is 2.31. The third-order valence-corrected chi connectivity index (χ3v) is 6.73. The zero-order chi connectivity index (χ0) is 19.4. The monoisotopic (exact) mass is 383 g/mol. The van der Waals surface area contributed by atoms with Gasteiger partial charge in [-0.3, -0.25) is 4.79 Å². The second-order valence-corrected chi connectivity index (χ2v) is 8.52. The lowest BCUT2D eigenvalue weighted by Gasteiger charge is -2.32. The Kier molecular flexibility index (Phi) is 5.59. The summed E-state index contributed by atoms with van der Waals surface area (Å²) in [6, 6.07) is 14.5. The molecule has 3 rings (SSSR count). The van der Waals surface area contributed by atoms with E-state index in [4.69, 9.17) is 5.26 Å². The van der Waals surface area contributed by atoms with Gasteiger partial charge < -0.3 is 5.32 Å². The maximum Gasteiger partial charge on any atom is 0.255 e. The number of piperidine rings is 1. The minimum absolute atomic E-state index is 0.0418. The average molecular weight is 383 g/mol. The van der Waals surface area contributed by atoms with Crippen LogP contribution < -0.4 is 5.32 Å². The van der Waals surface area contributed by atoms with Crippen molar-refractivity contribution in [2.24, 2.45) is 0 Å². The first-order valence-corrected chi connectivity index (χ1v) is 10.3. The summed E-state index contributed by atoms with van der Waals surface area (Å²) in [4.78, 5) is 12.6. The van der Waals surface area contributed by atoms with Crippen molar-refractivity contribution in [2.75, 3.05) is 11.9 Å². The summed E-state index contributed by atoms with van der Waals surface area (Å²) >= 11 is 0. The number of benzene rings is 2. The summed E-state index contributed by atoms with van der Waals surface area (Å²) in [5.74, 6) is -0.400. The first-order chi connectivity index (χ1) is 12.9. The number of hydrogen-bond donors (Lipinski definition) is 1. The second-order valence-electron chi connectivity index (χ2n) is 6.63. The molecule has 0 aromatic heterocycles. The summed E-state index contributed by atoms with van der Waals surface area (Å²) < 4.78 is 27.5. The maximum atomic E-state index is 13.0. The van der Waals surface area contributed by atoms with Crippen LogP contribution in [0.15, 0.2) is 53.4 Å². The van der Waals surface area contributed by atoms with E-state index in [0.717, 1.165) is 19.3 Å². The van der Waals surface area contributed by atoms with Crippen LogP contribution in [-0.2, 0) is 10.0 Å². The highest BCUT2D eigenvalue weighted by Crippen LogP contribution is 2.25. The zero-order valence-electron chi connectivity index (χ0n) is 15.1. The molecule has 1 aliphatic heterocycles. The van der Waals surface area contributed by atoms with E-state index >= 15 is 0 Å². The first kappa shape index (κ1) is 19.1. The molecule has 0 bridgehead atoms. The van der Waals surface area contributed by atoms with Crippen molar-refractivity contribution in [1.29, 1.82) is 5.26 Å². The van der Waals surface area contributed by atoms with Crippen LogP contribution in [0.4, 0.5) is 5.69 Å². The van der Waals surface area contributed by atoms with Gasteiger partial charge in [0.2, 0.25) is 10.0 Å². The summed E-state index contributed by atoms with van der Waals surface area (Å²) in [6.07, 6.45) is 2.72. The van der Waals surface area contributed by atoms with Gasteiger partial charge in [-0.1, -0.05) is 12.5 Å². The van der Waals surface area contributed by atoms with Gasteiger partial charge in [0.25, 0.3) is 5.91 Å². The SMILES string of the molecule is CC1CCCCN1S(=O)(=O)c1cccc(C(=O)Nc2ccc(C#N)cc2)c1. The van der Waals surface area contributed by atoms with Gasteiger partial charge >= 0.3 is 0 Å². The lowest BCUT2D eigenvalue weighted by atomic mass is 10.1. The van der Waals surface area contributed by atoms with E-state index in [1.807, 2.05) is 13.0 Å². The number of carbonyl (C=O) groups excluding carboxylic acids is 1. The molecule has 2 aromatic rings. The Labute approximate surface area is 159 Å².